The van der Waals surface area contributed by atoms with Crippen LogP contribution in [0.4, 0.5) is 16.2 Å². The highest BCUT2D eigenvalue weighted by Gasteiger charge is 2.16. The monoisotopic (exact) mass is 356 g/mol. The molecule has 3 amide bonds. The second kappa shape index (κ2) is 8.30. The van der Waals surface area contributed by atoms with Gasteiger partial charge in [0.15, 0.2) is 5.69 Å². The Morgan fingerprint density at radius 3 is 2.54 bits per heavy atom. The Morgan fingerprint density at radius 2 is 1.88 bits per heavy atom. The van der Waals surface area contributed by atoms with Crippen LogP contribution in [0.1, 0.15) is 23.3 Å². The topological polar surface area (TPSA) is 113 Å². The van der Waals surface area contributed by atoms with Crippen molar-refractivity contribution in [3.63, 3.8) is 0 Å². The molecule has 0 bridgehead atoms. The summed E-state index contributed by atoms with van der Waals surface area (Å²) < 4.78 is 5.45. The molecule has 0 unspecified atom stereocenters. The second-order valence-electron chi connectivity index (χ2n) is 5.87. The number of nitrogens with one attached hydrogen (secondary N) is 3. The molecule has 136 valence electrons. The second-order valence-corrected chi connectivity index (χ2v) is 5.87. The summed E-state index contributed by atoms with van der Waals surface area (Å²) in [5.74, 6) is -0.704. The lowest BCUT2D eigenvalue weighted by molar-refractivity contribution is 0.101. The third kappa shape index (κ3) is 4.70. The predicted molar refractivity (Wildman–Crippen MR) is 96.3 cm³/mol. The Balaban J connectivity index is 1.50. The van der Waals surface area contributed by atoms with E-state index in [4.69, 9.17) is 4.74 Å². The van der Waals surface area contributed by atoms with Crippen LogP contribution in [0, 0.1) is 0 Å². The zero-order valence-corrected chi connectivity index (χ0v) is 14.1. The van der Waals surface area contributed by atoms with E-state index in [2.05, 4.69) is 20.9 Å². The lowest BCUT2D eigenvalue weighted by atomic mass is 10.2. The molecule has 1 aliphatic rings. The first-order chi connectivity index (χ1) is 12.6. The molecular formula is C18H20N4O4. The van der Waals surface area contributed by atoms with Gasteiger partial charge < -0.3 is 25.8 Å². The summed E-state index contributed by atoms with van der Waals surface area (Å²) in [5, 5.41) is 17.8. The molecule has 1 aromatic heterocycles. The van der Waals surface area contributed by atoms with Crippen LogP contribution in [-0.4, -0.2) is 41.3 Å². The van der Waals surface area contributed by atoms with Gasteiger partial charge in [-0.05, 0) is 49.2 Å². The Bertz CT molecular complexity index is 773. The van der Waals surface area contributed by atoms with E-state index in [0.29, 0.717) is 17.9 Å². The van der Waals surface area contributed by atoms with Crippen molar-refractivity contribution in [3.05, 3.63) is 48.3 Å². The summed E-state index contributed by atoms with van der Waals surface area (Å²) in [7, 11) is 0. The number of aromatic hydroxyl groups is 1. The first-order valence-corrected chi connectivity index (χ1v) is 8.33. The molecule has 3 rings (SSSR count). The van der Waals surface area contributed by atoms with E-state index in [0.717, 1.165) is 19.4 Å². The molecule has 0 radical (unpaired) electrons. The minimum Gasteiger partial charge on any atom is -0.505 e. The van der Waals surface area contributed by atoms with E-state index in [-0.39, 0.29) is 23.6 Å². The van der Waals surface area contributed by atoms with Crippen molar-refractivity contribution < 1.29 is 19.4 Å². The van der Waals surface area contributed by atoms with Crippen molar-refractivity contribution in [2.45, 2.75) is 18.9 Å². The van der Waals surface area contributed by atoms with E-state index >= 15 is 0 Å². The lowest BCUT2D eigenvalue weighted by Gasteiger charge is -2.12. The largest absolute Gasteiger partial charge is 0.505 e. The quantitative estimate of drug-likeness (QED) is 0.657. The van der Waals surface area contributed by atoms with E-state index < -0.39 is 5.91 Å². The van der Waals surface area contributed by atoms with Crippen LogP contribution in [0.2, 0.25) is 0 Å². The van der Waals surface area contributed by atoms with Crippen LogP contribution < -0.4 is 16.0 Å². The number of nitrogens with zero attached hydrogens (tertiary/aromatic N) is 1. The third-order valence-corrected chi connectivity index (χ3v) is 3.92. The normalized spacial score (nSPS) is 16.1. The Hall–Kier alpha value is -3.13. The number of benzene rings is 1. The molecule has 1 atom stereocenters. The number of urea groups is 1. The third-order valence-electron chi connectivity index (χ3n) is 3.92. The number of hydrogen-bond donors (Lipinski definition) is 4. The van der Waals surface area contributed by atoms with Gasteiger partial charge in [-0.15, -0.1) is 0 Å². The molecule has 2 heterocycles. The van der Waals surface area contributed by atoms with Crippen molar-refractivity contribution >= 4 is 23.3 Å². The van der Waals surface area contributed by atoms with Gasteiger partial charge in [0.1, 0.15) is 5.75 Å². The maximum Gasteiger partial charge on any atom is 0.319 e. The number of anilines is 2. The number of aromatic nitrogens is 1. The van der Waals surface area contributed by atoms with E-state index in [1.165, 1.54) is 18.3 Å². The molecule has 0 spiro atoms. The summed E-state index contributed by atoms with van der Waals surface area (Å²) in [4.78, 5) is 27.8. The van der Waals surface area contributed by atoms with Crippen molar-refractivity contribution in [3.8, 4) is 5.75 Å². The number of pyridine rings is 1. The van der Waals surface area contributed by atoms with Gasteiger partial charge in [-0.25, -0.2) is 9.78 Å². The van der Waals surface area contributed by atoms with Crippen molar-refractivity contribution in [2.75, 3.05) is 23.8 Å². The highest BCUT2D eigenvalue weighted by atomic mass is 16.5. The molecule has 8 nitrogen and oxygen atoms in total. The minimum atomic E-state index is -0.516. The highest BCUT2D eigenvalue weighted by Crippen LogP contribution is 2.17. The van der Waals surface area contributed by atoms with Crippen molar-refractivity contribution in [1.82, 2.24) is 10.3 Å². The molecule has 1 aliphatic heterocycles. The molecule has 0 saturated carbocycles. The SMILES string of the molecule is O=C(NC[C@@H]1CCCO1)Nc1ccc(NC(=O)c2ncccc2O)cc1. The summed E-state index contributed by atoms with van der Waals surface area (Å²) in [6, 6.07) is 9.25. The van der Waals surface area contributed by atoms with E-state index in [9.17, 15) is 14.7 Å². The Kier molecular flexibility index (Phi) is 5.65. The Labute approximate surface area is 150 Å². The van der Waals surface area contributed by atoms with Gasteiger partial charge in [0, 0.05) is 30.7 Å². The number of rotatable bonds is 5. The maximum atomic E-state index is 12.1. The summed E-state index contributed by atoms with van der Waals surface area (Å²) in [5.41, 5.74) is 1.06. The van der Waals surface area contributed by atoms with Gasteiger partial charge in [0.05, 0.1) is 6.10 Å². The van der Waals surface area contributed by atoms with E-state index in [1.807, 2.05) is 0 Å². The minimum absolute atomic E-state index is 0.0526. The number of ether oxygens (including phenoxy) is 1. The predicted octanol–water partition coefficient (Wildman–Crippen LogP) is 2.34. The maximum absolute atomic E-state index is 12.1. The van der Waals surface area contributed by atoms with Gasteiger partial charge >= 0.3 is 6.03 Å². The summed E-state index contributed by atoms with van der Waals surface area (Å²) in [6.07, 6.45) is 3.50. The fourth-order valence-electron chi connectivity index (χ4n) is 2.59. The molecule has 26 heavy (non-hydrogen) atoms. The molecule has 8 heteroatoms. The molecule has 1 aromatic carbocycles. The standard InChI is InChI=1S/C18H20N4O4/c23-15-4-1-9-19-16(15)17(24)21-12-5-7-13(8-6-12)22-18(25)20-11-14-3-2-10-26-14/h1,4-9,14,23H,2-3,10-11H2,(H,21,24)(H2,20,22,25)/t14-/m0/s1. The van der Waals surface area contributed by atoms with Crippen molar-refractivity contribution in [2.24, 2.45) is 0 Å². The average molecular weight is 356 g/mol. The zero-order chi connectivity index (χ0) is 18.4. The molecular weight excluding hydrogens is 336 g/mol. The van der Waals surface area contributed by atoms with Gasteiger partial charge in [-0.1, -0.05) is 0 Å². The van der Waals surface area contributed by atoms with Crippen LogP contribution in [-0.2, 0) is 4.74 Å². The molecule has 1 saturated heterocycles. The molecule has 0 aliphatic carbocycles. The molecule has 1 fully saturated rings. The first kappa shape index (κ1) is 17.7. The molecule has 2 aromatic rings. The first-order valence-electron chi connectivity index (χ1n) is 8.33. The number of hydrogen-bond acceptors (Lipinski definition) is 5. The van der Waals surface area contributed by atoms with Gasteiger partial charge in [-0.3, -0.25) is 4.79 Å². The number of carbonyl (C=O) groups is 2. The smallest absolute Gasteiger partial charge is 0.319 e. The van der Waals surface area contributed by atoms with Crippen LogP contribution in [0.25, 0.3) is 0 Å². The summed E-state index contributed by atoms with van der Waals surface area (Å²) >= 11 is 0. The van der Waals surface area contributed by atoms with Crippen molar-refractivity contribution in [1.29, 1.82) is 0 Å². The highest BCUT2D eigenvalue weighted by molar-refractivity contribution is 6.04. The zero-order valence-electron chi connectivity index (χ0n) is 14.1. The van der Waals surface area contributed by atoms with Gasteiger partial charge in [0.2, 0.25) is 0 Å². The lowest BCUT2D eigenvalue weighted by Crippen LogP contribution is -2.35. The van der Waals surface area contributed by atoms with Crippen LogP contribution in [0.5, 0.6) is 5.75 Å². The summed E-state index contributed by atoms with van der Waals surface area (Å²) in [6.45, 7) is 1.23. The fraction of sp³-hybridized carbons (Fsp3) is 0.278. The Morgan fingerprint density at radius 1 is 1.15 bits per heavy atom. The molecule has 4 N–H and O–H groups in total. The average Bonchev–Trinajstić information content (AvgIpc) is 3.15. The van der Waals surface area contributed by atoms with Gasteiger partial charge in [0.25, 0.3) is 5.91 Å². The van der Waals surface area contributed by atoms with Crippen LogP contribution >= 0.6 is 0 Å². The fourth-order valence-corrected chi connectivity index (χ4v) is 2.59. The van der Waals surface area contributed by atoms with E-state index in [1.54, 1.807) is 24.3 Å². The number of amides is 3. The number of carbonyl (C=O) groups excluding carboxylic acids is 2. The van der Waals surface area contributed by atoms with Gasteiger partial charge in [-0.2, -0.15) is 0 Å². The van der Waals surface area contributed by atoms with Crippen LogP contribution in [0.3, 0.4) is 0 Å². The van der Waals surface area contributed by atoms with Crippen LogP contribution in [0.15, 0.2) is 42.6 Å².